The number of hydrogen-bond acceptors (Lipinski definition) is 5. The molecule has 1 heterocycles. The van der Waals surface area contributed by atoms with Crippen LogP contribution in [0.1, 0.15) is 29.8 Å². The molecule has 0 fully saturated rings. The molecule has 0 saturated heterocycles. The van der Waals surface area contributed by atoms with Crippen LogP contribution in [0.15, 0.2) is 36.4 Å². The maximum atomic E-state index is 6.26. The number of ether oxygens (including phenoxy) is 5. The summed E-state index contributed by atoms with van der Waals surface area (Å²) in [5, 5.41) is 0. The molecule has 0 saturated carbocycles. The van der Waals surface area contributed by atoms with E-state index in [0.717, 1.165) is 22.6 Å². The number of hydrogen-bond donors (Lipinski definition) is 0. The standard InChI is InChI=1S/C19H22O5/c1-20-13-7-5-12(6-8-13)16-11-17(23-4)18-14(21-2)9-10-15(22-3)19(18)24-16/h5-10,16-17H,11H2,1-4H3. The van der Waals surface area contributed by atoms with E-state index >= 15 is 0 Å². The summed E-state index contributed by atoms with van der Waals surface area (Å²) in [5.74, 6) is 2.91. The molecule has 1 aliphatic rings. The average Bonchev–Trinajstić information content (AvgIpc) is 2.66. The van der Waals surface area contributed by atoms with E-state index in [4.69, 9.17) is 23.7 Å². The normalized spacial score (nSPS) is 19.2. The Morgan fingerprint density at radius 2 is 1.50 bits per heavy atom. The zero-order valence-electron chi connectivity index (χ0n) is 14.4. The van der Waals surface area contributed by atoms with Crippen LogP contribution in [-0.2, 0) is 4.74 Å². The van der Waals surface area contributed by atoms with Crippen LogP contribution in [-0.4, -0.2) is 28.4 Å². The van der Waals surface area contributed by atoms with E-state index < -0.39 is 0 Å². The lowest BCUT2D eigenvalue weighted by Gasteiger charge is -2.33. The van der Waals surface area contributed by atoms with Crippen molar-refractivity contribution in [2.45, 2.75) is 18.6 Å². The number of rotatable bonds is 5. The van der Waals surface area contributed by atoms with Gasteiger partial charge in [-0.05, 0) is 29.8 Å². The van der Waals surface area contributed by atoms with Gasteiger partial charge in [-0.2, -0.15) is 0 Å². The molecule has 0 aromatic heterocycles. The fourth-order valence-corrected chi connectivity index (χ4v) is 3.07. The van der Waals surface area contributed by atoms with Crippen molar-refractivity contribution in [3.05, 3.63) is 47.5 Å². The van der Waals surface area contributed by atoms with Crippen LogP contribution >= 0.6 is 0 Å². The lowest BCUT2D eigenvalue weighted by atomic mass is 9.93. The summed E-state index contributed by atoms with van der Waals surface area (Å²) in [6.07, 6.45) is 0.430. The van der Waals surface area contributed by atoms with Crippen LogP contribution in [0.3, 0.4) is 0 Å². The molecular weight excluding hydrogens is 308 g/mol. The minimum atomic E-state index is -0.133. The summed E-state index contributed by atoms with van der Waals surface area (Å²) in [5.41, 5.74) is 1.96. The lowest BCUT2D eigenvalue weighted by molar-refractivity contribution is 0.0265. The van der Waals surface area contributed by atoms with Gasteiger partial charge in [-0.1, -0.05) is 12.1 Å². The second kappa shape index (κ2) is 7.01. The van der Waals surface area contributed by atoms with E-state index in [1.54, 1.807) is 28.4 Å². The van der Waals surface area contributed by atoms with E-state index in [1.165, 1.54) is 0 Å². The highest BCUT2D eigenvalue weighted by atomic mass is 16.5. The topological polar surface area (TPSA) is 46.2 Å². The fourth-order valence-electron chi connectivity index (χ4n) is 3.07. The van der Waals surface area contributed by atoms with Gasteiger partial charge in [0, 0.05) is 13.5 Å². The third kappa shape index (κ3) is 2.87. The van der Waals surface area contributed by atoms with Crippen LogP contribution in [0.4, 0.5) is 0 Å². The smallest absolute Gasteiger partial charge is 0.171 e. The molecule has 0 amide bonds. The molecule has 2 atom stereocenters. The zero-order chi connectivity index (χ0) is 17.1. The predicted molar refractivity (Wildman–Crippen MR) is 90.3 cm³/mol. The zero-order valence-corrected chi connectivity index (χ0v) is 14.4. The first-order valence-electron chi connectivity index (χ1n) is 7.80. The third-order valence-corrected chi connectivity index (χ3v) is 4.34. The van der Waals surface area contributed by atoms with Crippen molar-refractivity contribution in [2.75, 3.05) is 28.4 Å². The minimum Gasteiger partial charge on any atom is -0.497 e. The van der Waals surface area contributed by atoms with Gasteiger partial charge in [0.15, 0.2) is 11.5 Å². The van der Waals surface area contributed by atoms with Crippen molar-refractivity contribution in [3.63, 3.8) is 0 Å². The molecule has 0 radical (unpaired) electrons. The van der Waals surface area contributed by atoms with E-state index in [1.807, 2.05) is 36.4 Å². The minimum absolute atomic E-state index is 0.130. The van der Waals surface area contributed by atoms with Crippen molar-refractivity contribution >= 4 is 0 Å². The summed E-state index contributed by atoms with van der Waals surface area (Å²) in [6.45, 7) is 0. The monoisotopic (exact) mass is 330 g/mol. The predicted octanol–water partition coefficient (Wildman–Crippen LogP) is 3.92. The number of benzene rings is 2. The Kier molecular flexibility index (Phi) is 4.81. The summed E-state index contributed by atoms with van der Waals surface area (Å²) in [7, 11) is 6.62. The molecule has 5 nitrogen and oxygen atoms in total. The first-order valence-corrected chi connectivity index (χ1v) is 7.80. The van der Waals surface area contributed by atoms with Crippen molar-refractivity contribution in [1.82, 2.24) is 0 Å². The highest BCUT2D eigenvalue weighted by Gasteiger charge is 2.34. The molecule has 0 aliphatic carbocycles. The average molecular weight is 330 g/mol. The Hall–Kier alpha value is -2.40. The molecular formula is C19H22O5. The van der Waals surface area contributed by atoms with E-state index in [2.05, 4.69) is 0 Å². The van der Waals surface area contributed by atoms with Gasteiger partial charge in [0.05, 0.1) is 33.0 Å². The molecule has 1 aliphatic heterocycles. The Bertz CT molecular complexity index is 696. The van der Waals surface area contributed by atoms with Crippen LogP contribution < -0.4 is 18.9 Å². The van der Waals surface area contributed by atoms with Crippen molar-refractivity contribution in [3.8, 4) is 23.0 Å². The van der Waals surface area contributed by atoms with Gasteiger partial charge < -0.3 is 23.7 Å². The molecule has 0 spiro atoms. The maximum Gasteiger partial charge on any atom is 0.171 e. The number of methoxy groups -OCH3 is 4. The fraction of sp³-hybridized carbons (Fsp3) is 0.368. The largest absolute Gasteiger partial charge is 0.497 e. The van der Waals surface area contributed by atoms with Crippen LogP contribution in [0.25, 0.3) is 0 Å². The Balaban J connectivity index is 2.01. The first kappa shape index (κ1) is 16.5. The van der Waals surface area contributed by atoms with Crippen LogP contribution in [0.5, 0.6) is 23.0 Å². The van der Waals surface area contributed by atoms with Gasteiger partial charge in [-0.3, -0.25) is 0 Å². The first-order chi connectivity index (χ1) is 11.7. The van der Waals surface area contributed by atoms with E-state index in [0.29, 0.717) is 17.9 Å². The summed E-state index contributed by atoms with van der Waals surface area (Å²) in [4.78, 5) is 0. The summed E-state index contributed by atoms with van der Waals surface area (Å²) >= 11 is 0. The van der Waals surface area contributed by atoms with Crippen LogP contribution in [0.2, 0.25) is 0 Å². The summed E-state index contributed by atoms with van der Waals surface area (Å²) < 4.78 is 28.2. The number of fused-ring (bicyclic) bond motifs is 1. The Morgan fingerprint density at radius 3 is 2.08 bits per heavy atom. The second-order valence-electron chi connectivity index (χ2n) is 5.55. The molecule has 128 valence electrons. The van der Waals surface area contributed by atoms with E-state index in [-0.39, 0.29) is 12.2 Å². The summed E-state index contributed by atoms with van der Waals surface area (Å²) in [6, 6.07) is 11.6. The van der Waals surface area contributed by atoms with E-state index in [9.17, 15) is 0 Å². The van der Waals surface area contributed by atoms with Gasteiger partial charge in [0.2, 0.25) is 0 Å². The third-order valence-electron chi connectivity index (χ3n) is 4.34. The van der Waals surface area contributed by atoms with Gasteiger partial charge >= 0.3 is 0 Å². The van der Waals surface area contributed by atoms with Gasteiger partial charge in [-0.15, -0.1) is 0 Å². The highest BCUT2D eigenvalue weighted by Crippen LogP contribution is 2.50. The SMILES string of the molecule is COc1ccc(C2CC(OC)c3c(OC)ccc(OC)c3O2)cc1. The maximum absolute atomic E-state index is 6.26. The molecule has 2 aromatic rings. The van der Waals surface area contributed by atoms with Gasteiger partial charge in [0.25, 0.3) is 0 Å². The van der Waals surface area contributed by atoms with Gasteiger partial charge in [-0.25, -0.2) is 0 Å². The second-order valence-corrected chi connectivity index (χ2v) is 5.55. The van der Waals surface area contributed by atoms with Crippen molar-refractivity contribution in [2.24, 2.45) is 0 Å². The lowest BCUT2D eigenvalue weighted by Crippen LogP contribution is -2.21. The highest BCUT2D eigenvalue weighted by molar-refractivity contribution is 5.56. The van der Waals surface area contributed by atoms with Crippen molar-refractivity contribution in [1.29, 1.82) is 0 Å². The molecule has 0 bridgehead atoms. The molecule has 2 aromatic carbocycles. The van der Waals surface area contributed by atoms with Gasteiger partial charge in [0.1, 0.15) is 17.6 Å². The van der Waals surface area contributed by atoms with Crippen molar-refractivity contribution < 1.29 is 23.7 Å². The molecule has 5 heteroatoms. The van der Waals surface area contributed by atoms with Crippen LogP contribution in [0, 0.1) is 0 Å². The quantitative estimate of drug-likeness (QED) is 0.831. The molecule has 24 heavy (non-hydrogen) atoms. The Morgan fingerprint density at radius 1 is 0.833 bits per heavy atom. The molecule has 2 unspecified atom stereocenters. The molecule has 0 N–H and O–H groups in total. The molecule has 3 rings (SSSR count). The Labute approximate surface area is 142 Å².